The van der Waals surface area contributed by atoms with E-state index >= 15 is 0 Å². The molecule has 8 heavy (non-hydrogen) atoms. The molecular formula is C5H12NOP. The van der Waals surface area contributed by atoms with Crippen LogP contribution < -0.4 is 5.09 Å². The van der Waals surface area contributed by atoms with E-state index in [0.717, 1.165) is 13.0 Å². The molecule has 0 saturated carbocycles. The lowest BCUT2D eigenvalue weighted by molar-refractivity contribution is 0.381. The number of ether oxygens (including phenoxy) is 1. The molecule has 3 atom stereocenters. The quantitative estimate of drug-likeness (QED) is 0.449. The summed E-state index contributed by atoms with van der Waals surface area (Å²) in [4.78, 5) is 0. The lowest BCUT2D eigenvalue weighted by Gasteiger charge is -2.04. The van der Waals surface area contributed by atoms with E-state index in [2.05, 4.69) is 21.4 Å². The van der Waals surface area contributed by atoms with Crippen LogP contribution in [-0.2, 0) is 4.74 Å². The molecule has 0 radical (unpaired) electrons. The summed E-state index contributed by atoms with van der Waals surface area (Å²) in [5, 5.41) is 3.07. The maximum atomic E-state index is 5.03. The van der Waals surface area contributed by atoms with Gasteiger partial charge in [-0.3, -0.25) is 5.09 Å². The van der Waals surface area contributed by atoms with Crippen LogP contribution in [-0.4, -0.2) is 18.8 Å². The highest BCUT2D eigenvalue weighted by atomic mass is 31.0. The van der Waals surface area contributed by atoms with Gasteiger partial charge in [0.05, 0.1) is 12.7 Å². The Hall–Kier alpha value is 0.350. The van der Waals surface area contributed by atoms with Gasteiger partial charge in [-0.1, -0.05) is 9.39 Å². The Morgan fingerprint density at radius 2 is 2.62 bits per heavy atom. The van der Waals surface area contributed by atoms with Crippen molar-refractivity contribution in [2.24, 2.45) is 0 Å². The van der Waals surface area contributed by atoms with E-state index in [1.54, 1.807) is 0 Å². The van der Waals surface area contributed by atoms with E-state index in [1.807, 2.05) is 0 Å². The third-order valence-corrected chi connectivity index (χ3v) is 1.87. The zero-order valence-corrected chi connectivity index (χ0v) is 6.21. The number of hydrogen-bond donors (Lipinski definition) is 1. The van der Waals surface area contributed by atoms with E-state index in [1.165, 1.54) is 0 Å². The van der Waals surface area contributed by atoms with Crippen LogP contribution in [0.2, 0.25) is 0 Å². The second-order valence-electron chi connectivity index (χ2n) is 2.26. The Labute approximate surface area is 52.2 Å². The van der Waals surface area contributed by atoms with Gasteiger partial charge in [-0.25, -0.2) is 0 Å². The van der Waals surface area contributed by atoms with Crippen molar-refractivity contribution in [2.45, 2.75) is 25.5 Å². The maximum absolute atomic E-state index is 5.03. The van der Waals surface area contributed by atoms with Gasteiger partial charge in [0, 0.05) is 6.04 Å². The second kappa shape index (κ2) is 2.77. The zero-order valence-electron chi connectivity index (χ0n) is 5.05. The molecule has 1 aliphatic rings. The Bertz CT molecular complexity index is 74.8. The second-order valence-corrected chi connectivity index (χ2v) is 2.59. The van der Waals surface area contributed by atoms with Crippen LogP contribution in [0.1, 0.15) is 13.3 Å². The van der Waals surface area contributed by atoms with Gasteiger partial charge in [0.25, 0.3) is 0 Å². The molecule has 0 aromatic heterocycles. The van der Waals surface area contributed by atoms with Crippen molar-refractivity contribution < 1.29 is 4.74 Å². The van der Waals surface area contributed by atoms with Gasteiger partial charge in [-0.2, -0.15) is 0 Å². The molecule has 1 fully saturated rings. The first-order chi connectivity index (χ1) is 3.83. The van der Waals surface area contributed by atoms with E-state index in [4.69, 9.17) is 4.74 Å². The van der Waals surface area contributed by atoms with Gasteiger partial charge in [0.15, 0.2) is 0 Å². The minimum Gasteiger partial charge on any atom is -0.373 e. The molecule has 2 nitrogen and oxygen atoms in total. The Morgan fingerprint density at radius 3 is 3.00 bits per heavy atom. The van der Waals surface area contributed by atoms with Gasteiger partial charge < -0.3 is 4.74 Å². The SMILES string of the molecule is CC(C[C@@H]1CO1)NP. The number of rotatable bonds is 3. The molecule has 1 saturated heterocycles. The molecule has 1 heterocycles. The summed E-state index contributed by atoms with van der Waals surface area (Å²) in [5.74, 6) is 0. The monoisotopic (exact) mass is 133 g/mol. The van der Waals surface area contributed by atoms with Crippen LogP contribution in [0, 0.1) is 0 Å². The first-order valence-corrected chi connectivity index (χ1v) is 3.48. The van der Waals surface area contributed by atoms with Crippen molar-refractivity contribution in [3.63, 3.8) is 0 Å². The van der Waals surface area contributed by atoms with Crippen molar-refractivity contribution in [3.05, 3.63) is 0 Å². The molecule has 2 unspecified atom stereocenters. The number of nitrogens with one attached hydrogen (secondary N) is 1. The minimum absolute atomic E-state index is 0.554. The Morgan fingerprint density at radius 1 is 2.00 bits per heavy atom. The predicted octanol–water partition coefficient (Wildman–Crippen LogP) is 0.543. The van der Waals surface area contributed by atoms with E-state index in [9.17, 15) is 0 Å². The Balaban J connectivity index is 1.98. The summed E-state index contributed by atoms with van der Waals surface area (Å²) in [6.45, 7) is 3.12. The summed E-state index contributed by atoms with van der Waals surface area (Å²) in [6.07, 6.45) is 1.70. The van der Waals surface area contributed by atoms with Crippen LogP contribution in [0.25, 0.3) is 0 Å². The summed E-state index contributed by atoms with van der Waals surface area (Å²) < 4.78 is 5.03. The van der Waals surface area contributed by atoms with Crippen molar-refractivity contribution >= 4 is 9.39 Å². The van der Waals surface area contributed by atoms with Crippen LogP contribution >= 0.6 is 9.39 Å². The first kappa shape index (κ1) is 6.47. The third kappa shape index (κ3) is 2.08. The molecule has 3 heteroatoms. The molecule has 0 aliphatic carbocycles. The fraction of sp³-hybridized carbons (Fsp3) is 1.00. The van der Waals surface area contributed by atoms with Crippen LogP contribution in [0.5, 0.6) is 0 Å². The molecule has 0 spiro atoms. The van der Waals surface area contributed by atoms with Crippen molar-refractivity contribution in [3.8, 4) is 0 Å². The molecular weight excluding hydrogens is 121 g/mol. The fourth-order valence-electron chi connectivity index (χ4n) is 0.667. The fourth-order valence-corrected chi connectivity index (χ4v) is 0.803. The van der Waals surface area contributed by atoms with Gasteiger partial charge in [0.2, 0.25) is 0 Å². The summed E-state index contributed by atoms with van der Waals surface area (Å²) >= 11 is 0. The molecule has 0 aromatic carbocycles. The smallest absolute Gasteiger partial charge is 0.0824 e. The molecule has 1 rings (SSSR count). The van der Waals surface area contributed by atoms with Crippen LogP contribution in [0.4, 0.5) is 0 Å². The zero-order chi connectivity index (χ0) is 5.98. The average molecular weight is 133 g/mol. The summed E-state index contributed by atoms with van der Waals surface area (Å²) in [7, 11) is 2.51. The van der Waals surface area contributed by atoms with Crippen molar-refractivity contribution in [1.82, 2.24) is 5.09 Å². The highest BCUT2D eigenvalue weighted by Gasteiger charge is 2.23. The largest absolute Gasteiger partial charge is 0.373 e. The molecule has 48 valence electrons. The highest BCUT2D eigenvalue weighted by Crippen LogP contribution is 2.15. The standard InChI is InChI=1S/C5H12NOP/c1-4(6-8)2-5-3-7-5/h4-6H,2-3,8H2,1H3/t4?,5-/m1/s1. The lowest BCUT2D eigenvalue weighted by atomic mass is 10.2. The lowest BCUT2D eigenvalue weighted by Crippen LogP contribution is -2.17. The van der Waals surface area contributed by atoms with Gasteiger partial charge >= 0.3 is 0 Å². The topological polar surface area (TPSA) is 24.6 Å². The predicted molar refractivity (Wildman–Crippen MR) is 36.7 cm³/mol. The van der Waals surface area contributed by atoms with E-state index in [0.29, 0.717) is 12.1 Å². The van der Waals surface area contributed by atoms with Gasteiger partial charge in [0.1, 0.15) is 0 Å². The van der Waals surface area contributed by atoms with E-state index < -0.39 is 0 Å². The first-order valence-electron chi connectivity index (χ1n) is 2.90. The normalized spacial score (nSPS) is 30.0. The minimum atomic E-state index is 0.554. The summed E-state index contributed by atoms with van der Waals surface area (Å²) in [6, 6.07) is 0.576. The maximum Gasteiger partial charge on any atom is 0.0824 e. The van der Waals surface area contributed by atoms with Crippen molar-refractivity contribution in [1.29, 1.82) is 0 Å². The molecule has 0 bridgehead atoms. The van der Waals surface area contributed by atoms with Gasteiger partial charge in [-0.05, 0) is 13.3 Å². The number of hydrogen-bond acceptors (Lipinski definition) is 2. The average Bonchev–Trinajstić information content (AvgIpc) is 2.50. The highest BCUT2D eigenvalue weighted by molar-refractivity contribution is 7.13. The van der Waals surface area contributed by atoms with Crippen LogP contribution in [0.15, 0.2) is 0 Å². The molecule has 0 aromatic rings. The molecule has 1 aliphatic heterocycles. The number of epoxide rings is 1. The van der Waals surface area contributed by atoms with E-state index in [-0.39, 0.29) is 0 Å². The molecule has 0 amide bonds. The van der Waals surface area contributed by atoms with Crippen molar-refractivity contribution in [2.75, 3.05) is 6.61 Å². The third-order valence-electron chi connectivity index (χ3n) is 1.30. The summed E-state index contributed by atoms with van der Waals surface area (Å²) in [5.41, 5.74) is 0. The Kier molecular flexibility index (Phi) is 2.24. The van der Waals surface area contributed by atoms with Crippen LogP contribution in [0.3, 0.4) is 0 Å². The van der Waals surface area contributed by atoms with Gasteiger partial charge in [-0.15, -0.1) is 0 Å². The molecule has 1 N–H and O–H groups in total.